The molecule has 1 aliphatic rings. The van der Waals surface area contributed by atoms with Crippen molar-refractivity contribution in [2.45, 2.75) is 41.2 Å². The molecule has 0 unspecified atom stereocenters. The van der Waals surface area contributed by atoms with Crippen LogP contribution < -0.4 is 0 Å². The summed E-state index contributed by atoms with van der Waals surface area (Å²) >= 11 is 0. The van der Waals surface area contributed by atoms with Crippen LogP contribution in [-0.4, -0.2) is 62.5 Å². The van der Waals surface area contributed by atoms with E-state index in [1.54, 1.807) is 35.6 Å². The number of amides is 2. The Labute approximate surface area is 181 Å². The molecule has 9 heteroatoms. The molecule has 0 aliphatic carbocycles. The van der Waals surface area contributed by atoms with Crippen molar-refractivity contribution in [3.05, 3.63) is 56.9 Å². The molecule has 2 aromatic rings. The van der Waals surface area contributed by atoms with Crippen LogP contribution in [0.5, 0.6) is 0 Å². The summed E-state index contributed by atoms with van der Waals surface area (Å²) in [6.07, 6.45) is 0. The molecule has 2 amide bonds. The van der Waals surface area contributed by atoms with Gasteiger partial charge in [-0.05, 0) is 31.5 Å². The van der Waals surface area contributed by atoms with Gasteiger partial charge in [0.15, 0.2) is 0 Å². The van der Waals surface area contributed by atoms with Crippen LogP contribution in [0, 0.1) is 29.4 Å². The number of hydrogen-bond donors (Lipinski definition) is 0. The van der Waals surface area contributed by atoms with Crippen molar-refractivity contribution < 1.29 is 14.5 Å². The third kappa shape index (κ3) is 4.76. The first-order valence-corrected chi connectivity index (χ1v) is 10.3. The predicted octanol–water partition coefficient (Wildman–Crippen LogP) is 2.79. The fourth-order valence-electron chi connectivity index (χ4n) is 3.80. The molecular formula is C22H29N5O4. The van der Waals surface area contributed by atoms with Gasteiger partial charge in [-0.2, -0.15) is 5.10 Å². The second-order valence-corrected chi connectivity index (χ2v) is 8.97. The molecule has 1 saturated heterocycles. The summed E-state index contributed by atoms with van der Waals surface area (Å²) < 4.78 is 1.61. The van der Waals surface area contributed by atoms with Crippen molar-refractivity contribution in [2.24, 2.45) is 5.41 Å². The monoisotopic (exact) mass is 427 g/mol. The number of aromatic nitrogens is 2. The zero-order chi connectivity index (χ0) is 22.9. The van der Waals surface area contributed by atoms with Crippen molar-refractivity contribution in [1.82, 2.24) is 19.6 Å². The van der Waals surface area contributed by atoms with Crippen LogP contribution in [0.15, 0.2) is 24.3 Å². The molecule has 3 rings (SSSR count). The zero-order valence-corrected chi connectivity index (χ0v) is 18.7. The average molecular weight is 428 g/mol. The van der Waals surface area contributed by atoms with Crippen LogP contribution in [0.3, 0.4) is 0 Å². The summed E-state index contributed by atoms with van der Waals surface area (Å²) in [5.41, 5.74) is 1.99. The largest absolute Gasteiger partial charge is 0.339 e. The van der Waals surface area contributed by atoms with Gasteiger partial charge >= 0.3 is 5.69 Å². The van der Waals surface area contributed by atoms with Crippen LogP contribution in [0.25, 0.3) is 0 Å². The summed E-state index contributed by atoms with van der Waals surface area (Å²) in [5.74, 6) is 0.0458. The Morgan fingerprint density at radius 2 is 1.58 bits per heavy atom. The highest BCUT2D eigenvalue weighted by molar-refractivity contribution is 5.94. The van der Waals surface area contributed by atoms with Gasteiger partial charge in [-0.1, -0.05) is 32.9 Å². The standard InChI is InChI=1S/C22H29N5O4/c1-15-19(27(30)31)16(2)26(23-15)14-17-6-8-18(9-7-17)20(28)24-10-12-25(13-11-24)21(29)22(3,4)5/h6-9H,10-14H2,1-5H3. The second-order valence-electron chi connectivity index (χ2n) is 8.97. The van der Waals surface area contributed by atoms with Gasteiger partial charge in [0.1, 0.15) is 11.4 Å². The summed E-state index contributed by atoms with van der Waals surface area (Å²) in [5, 5.41) is 15.4. The highest BCUT2D eigenvalue weighted by atomic mass is 16.6. The van der Waals surface area contributed by atoms with Crippen LogP contribution >= 0.6 is 0 Å². The van der Waals surface area contributed by atoms with Crippen molar-refractivity contribution in [1.29, 1.82) is 0 Å². The Kier molecular flexibility index (Phi) is 6.15. The first kappa shape index (κ1) is 22.5. The molecular weight excluding hydrogens is 398 g/mol. The quantitative estimate of drug-likeness (QED) is 0.552. The van der Waals surface area contributed by atoms with E-state index in [1.165, 1.54) is 0 Å². The van der Waals surface area contributed by atoms with Crippen LogP contribution in [0.2, 0.25) is 0 Å². The number of hydrogen-bond acceptors (Lipinski definition) is 5. The Morgan fingerprint density at radius 1 is 1.03 bits per heavy atom. The van der Waals surface area contributed by atoms with E-state index >= 15 is 0 Å². The van der Waals surface area contributed by atoms with E-state index in [0.29, 0.717) is 49.7 Å². The van der Waals surface area contributed by atoms with Gasteiger partial charge in [0.05, 0.1) is 11.5 Å². The molecule has 166 valence electrons. The summed E-state index contributed by atoms with van der Waals surface area (Å²) in [4.78, 5) is 39.6. The minimum Gasteiger partial charge on any atom is -0.339 e. The maximum atomic E-state index is 12.8. The summed E-state index contributed by atoms with van der Waals surface area (Å²) in [6.45, 7) is 11.5. The van der Waals surface area contributed by atoms with Crippen molar-refractivity contribution in [3.8, 4) is 0 Å². The number of piperazine rings is 1. The lowest BCUT2D eigenvalue weighted by atomic mass is 9.94. The molecule has 1 aliphatic heterocycles. The van der Waals surface area contributed by atoms with Gasteiger partial charge in [0.2, 0.25) is 5.91 Å². The molecule has 2 heterocycles. The van der Waals surface area contributed by atoms with Gasteiger partial charge in [0.25, 0.3) is 5.91 Å². The number of aryl methyl sites for hydroxylation is 1. The van der Waals surface area contributed by atoms with Crippen LogP contribution in [0.1, 0.15) is 48.1 Å². The third-order valence-corrected chi connectivity index (χ3v) is 5.55. The van der Waals surface area contributed by atoms with E-state index in [1.807, 2.05) is 37.8 Å². The van der Waals surface area contributed by atoms with E-state index < -0.39 is 10.3 Å². The van der Waals surface area contributed by atoms with Crippen LogP contribution in [0.4, 0.5) is 5.69 Å². The number of carbonyl (C=O) groups is 2. The van der Waals surface area contributed by atoms with E-state index in [4.69, 9.17) is 0 Å². The van der Waals surface area contributed by atoms with E-state index in [2.05, 4.69) is 5.10 Å². The summed E-state index contributed by atoms with van der Waals surface area (Å²) in [6, 6.07) is 7.22. The molecule has 0 bridgehead atoms. The highest BCUT2D eigenvalue weighted by Gasteiger charge is 2.31. The number of rotatable bonds is 4. The molecule has 1 aromatic heterocycles. The molecule has 1 fully saturated rings. The number of nitrogens with zero attached hydrogens (tertiary/aromatic N) is 5. The summed E-state index contributed by atoms with van der Waals surface area (Å²) in [7, 11) is 0. The molecule has 0 radical (unpaired) electrons. The van der Waals surface area contributed by atoms with Gasteiger partial charge in [-0.25, -0.2) is 0 Å². The fraction of sp³-hybridized carbons (Fsp3) is 0.500. The molecule has 0 atom stereocenters. The maximum absolute atomic E-state index is 12.8. The second kappa shape index (κ2) is 8.49. The highest BCUT2D eigenvalue weighted by Crippen LogP contribution is 2.23. The first-order chi connectivity index (χ1) is 14.5. The first-order valence-electron chi connectivity index (χ1n) is 10.3. The van der Waals surface area contributed by atoms with Crippen molar-refractivity contribution in [3.63, 3.8) is 0 Å². The third-order valence-electron chi connectivity index (χ3n) is 5.55. The Balaban J connectivity index is 1.63. The Morgan fingerprint density at radius 3 is 2.06 bits per heavy atom. The SMILES string of the molecule is Cc1nn(Cc2ccc(C(=O)N3CCN(C(=O)C(C)(C)C)CC3)cc2)c(C)c1[N+](=O)[O-]. The van der Waals surface area contributed by atoms with Gasteiger partial charge < -0.3 is 9.80 Å². The van der Waals surface area contributed by atoms with E-state index in [9.17, 15) is 19.7 Å². The average Bonchev–Trinajstić information content (AvgIpc) is 3.00. The maximum Gasteiger partial charge on any atom is 0.312 e. The van der Waals surface area contributed by atoms with Gasteiger partial charge in [-0.3, -0.25) is 24.4 Å². The van der Waals surface area contributed by atoms with Gasteiger partial charge in [0, 0.05) is 37.2 Å². The molecule has 1 aromatic carbocycles. The lowest BCUT2D eigenvalue weighted by Crippen LogP contribution is -2.53. The number of carbonyl (C=O) groups excluding carboxylic acids is 2. The Bertz CT molecular complexity index is 996. The molecule has 0 saturated carbocycles. The number of nitro groups is 1. The molecule has 0 N–H and O–H groups in total. The zero-order valence-electron chi connectivity index (χ0n) is 18.7. The lowest BCUT2D eigenvalue weighted by molar-refractivity contribution is -0.386. The van der Waals surface area contributed by atoms with Gasteiger partial charge in [-0.15, -0.1) is 0 Å². The van der Waals surface area contributed by atoms with Crippen molar-refractivity contribution >= 4 is 17.5 Å². The van der Waals surface area contributed by atoms with Crippen molar-refractivity contribution in [2.75, 3.05) is 26.2 Å². The smallest absolute Gasteiger partial charge is 0.312 e. The van der Waals surface area contributed by atoms with E-state index in [0.717, 1.165) is 5.56 Å². The Hall–Kier alpha value is -3.23. The van der Waals surface area contributed by atoms with E-state index in [-0.39, 0.29) is 17.5 Å². The predicted molar refractivity (Wildman–Crippen MR) is 116 cm³/mol. The minimum absolute atomic E-state index is 0.0379. The fourth-order valence-corrected chi connectivity index (χ4v) is 3.80. The number of benzene rings is 1. The minimum atomic E-state index is -0.423. The van der Waals surface area contributed by atoms with Crippen LogP contribution in [-0.2, 0) is 11.3 Å². The molecule has 0 spiro atoms. The normalized spacial score (nSPS) is 14.6. The lowest BCUT2D eigenvalue weighted by Gasteiger charge is -2.37. The molecule has 31 heavy (non-hydrogen) atoms. The topological polar surface area (TPSA) is 102 Å². The molecule has 9 nitrogen and oxygen atoms in total.